The van der Waals surface area contributed by atoms with Crippen molar-refractivity contribution in [3.63, 3.8) is 0 Å². The van der Waals surface area contributed by atoms with Crippen LogP contribution in [0.3, 0.4) is 0 Å². The van der Waals surface area contributed by atoms with Crippen molar-refractivity contribution in [1.29, 1.82) is 0 Å². The Morgan fingerprint density at radius 1 is 1.36 bits per heavy atom. The Morgan fingerprint density at radius 2 is 2.18 bits per heavy atom. The van der Waals surface area contributed by atoms with E-state index in [-0.39, 0.29) is 6.61 Å². The van der Waals surface area contributed by atoms with Crippen LogP contribution in [0.1, 0.15) is 12.8 Å². The van der Waals surface area contributed by atoms with Gasteiger partial charge in [-0.1, -0.05) is 23.7 Å². The fourth-order valence-electron chi connectivity index (χ4n) is 2.62. The van der Waals surface area contributed by atoms with Crippen molar-refractivity contribution >= 4 is 17.4 Å². The molecule has 1 aliphatic heterocycles. The number of hydrogen-bond donors (Lipinski definition) is 2. The molecule has 3 rings (SSSR count). The van der Waals surface area contributed by atoms with E-state index < -0.39 is 0 Å². The normalized spacial score (nSPS) is 18.4. The van der Waals surface area contributed by atoms with E-state index in [4.69, 9.17) is 16.3 Å². The van der Waals surface area contributed by atoms with Crippen molar-refractivity contribution in [1.82, 2.24) is 9.78 Å². The van der Waals surface area contributed by atoms with Gasteiger partial charge in [-0.3, -0.25) is 0 Å². The molecule has 1 fully saturated rings. The lowest BCUT2D eigenvalue weighted by atomic mass is 10.1. The summed E-state index contributed by atoms with van der Waals surface area (Å²) in [6.45, 7) is 2.06. The number of halogens is 1. The van der Waals surface area contributed by atoms with Gasteiger partial charge in [0.15, 0.2) is 0 Å². The van der Waals surface area contributed by atoms with E-state index in [1.165, 1.54) is 0 Å². The zero-order chi connectivity index (χ0) is 15.4. The first-order chi connectivity index (χ1) is 10.8. The summed E-state index contributed by atoms with van der Waals surface area (Å²) in [5, 5.41) is 18.0. The molecular weight excluding hydrogens is 302 g/mol. The van der Waals surface area contributed by atoms with Crippen LogP contribution >= 0.6 is 11.6 Å². The number of aromatic nitrogens is 2. The molecular formula is C16H20ClN3O2. The topological polar surface area (TPSA) is 59.3 Å². The third-order valence-electron chi connectivity index (χ3n) is 3.74. The Hall–Kier alpha value is -1.56. The summed E-state index contributed by atoms with van der Waals surface area (Å²) in [5.74, 6) is 0.912. The van der Waals surface area contributed by atoms with E-state index >= 15 is 0 Å². The van der Waals surface area contributed by atoms with E-state index in [0.717, 1.165) is 36.5 Å². The van der Waals surface area contributed by atoms with E-state index in [1.807, 2.05) is 30.3 Å². The second kappa shape index (κ2) is 7.13. The summed E-state index contributed by atoms with van der Waals surface area (Å²) in [5.41, 5.74) is 1.87. The fraction of sp³-hybridized carbons (Fsp3) is 0.438. The van der Waals surface area contributed by atoms with E-state index in [1.54, 1.807) is 4.68 Å². The number of nitrogens with one attached hydrogen (secondary N) is 1. The van der Waals surface area contributed by atoms with E-state index in [9.17, 15) is 5.11 Å². The molecule has 0 radical (unpaired) electrons. The molecule has 2 N–H and O–H groups in total. The SMILES string of the molecule is OCCn1nc(-c2ccc(Cl)cc2)cc1N[C@H]1CCCOC1. The molecule has 0 bridgehead atoms. The molecule has 2 heterocycles. The number of benzene rings is 1. The van der Waals surface area contributed by atoms with Gasteiger partial charge < -0.3 is 15.2 Å². The van der Waals surface area contributed by atoms with Crippen molar-refractivity contribution in [2.75, 3.05) is 25.1 Å². The molecule has 1 aliphatic rings. The highest BCUT2D eigenvalue weighted by molar-refractivity contribution is 6.30. The van der Waals surface area contributed by atoms with Gasteiger partial charge in [0.2, 0.25) is 0 Å². The van der Waals surface area contributed by atoms with Crippen LogP contribution in [0.15, 0.2) is 30.3 Å². The highest BCUT2D eigenvalue weighted by Crippen LogP contribution is 2.24. The van der Waals surface area contributed by atoms with Gasteiger partial charge in [-0.15, -0.1) is 0 Å². The lowest BCUT2D eigenvalue weighted by Crippen LogP contribution is -2.31. The van der Waals surface area contributed by atoms with Crippen LogP contribution in [0.25, 0.3) is 11.3 Å². The standard InChI is InChI=1S/C16H20ClN3O2/c17-13-5-3-12(4-6-13)15-10-16(20(19-15)7-8-21)18-14-2-1-9-22-11-14/h3-6,10,14,18,21H,1-2,7-9,11H2/t14-/m0/s1. The molecule has 1 aromatic heterocycles. The van der Waals surface area contributed by atoms with Gasteiger partial charge in [-0.2, -0.15) is 5.10 Å². The van der Waals surface area contributed by atoms with Crippen LogP contribution in [0, 0.1) is 0 Å². The average molecular weight is 322 g/mol. The third kappa shape index (κ3) is 3.61. The molecule has 0 amide bonds. The molecule has 2 aromatic rings. The minimum absolute atomic E-state index is 0.0532. The minimum Gasteiger partial charge on any atom is -0.394 e. The molecule has 0 saturated carbocycles. The average Bonchev–Trinajstić information content (AvgIpc) is 2.92. The summed E-state index contributed by atoms with van der Waals surface area (Å²) < 4.78 is 7.31. The molecule has 22 heavy (non-hydrogen) atoms. The Morgan fingerprint density at radius 3 is 2.86 bits per heavy atom. The lowest BCUT2D eigenvalue weighted by molar-refractivity contribution is 0.0873. The van der Waals surface area contributed by atoms with E-state index in [0.29, 0.717) is 24.2 Å². The number of nitrogens with zero attached hydrogens (tertiary/aromatic N) is 2. The number of aliphatic hydroxyl groups is 1. The maximum Gasteiger partial charge on any atom is 0.125 e. The molecule has 0 unspecified atom stereocenters. The highest BCUT2D eigenvalue weighted by atomic mass is 35.5. The second-order valence-electron chi connectivity index (χ2n) is 5.43. The van der Waals surface area contributed by atoms with Crippen LogP contribution < -0.4 is 5.32 Å². The Labute approximate surface area is 134 Å². The molecule has 118 valence electrons. The molecule has 0 spiro atoms. The summed E-state index contributed by atoms with van der Waals surface area (Å²) in [6.07, 6.45) is 2.15. The number of aliphatic hydroxyl groups excluding tert-OH is 1. The summed E-state index contributed by atoms with van der Waals surface area (Å²) in [4.78, 5) is 0. The Balaban J connectivity index is 1.82. The molecule has 5 nitrogen and oxygen atoms in total. The maximum atomic E-state index is 9.24. The molecule has 6 heteroatoms. The van der Waals surface area contributed by atoms with Gasteiger partial charge in [-0.05, 0) is 25.0 Å². The Bertz CT molecular complexity index is 606. The van der Waals surface area contributed by atoms with Gasteiger partial charge >= 0.3 is 0 Å². The van der Waals surface area contributed by atoms with Crippen molar-refractivity contribution < 1.29 is 9.84 Å². The monoisotopic (exact) mass is 321 g/mol. The molecule has 1 saturated heterocycles. The van der Waals surface area contributed by atoms with Crippen LogP contribution in [0.5, 0.6) is 0 Å². The predicted octanol–water partition coefficient (Wildman–Crippen LogP) is 2.79. The van der Waals surface area contributed by atoms with Crippen molar-refractivity contribution in [2.45, 2.75) is 25.4 Å². The van der Waals surface area contributed by atoms with Crippen LogP contribution in [0.4, 0.5) is 5.82 Å². The van der Waals surface area contributed by atoms with E-state index in [2.05, 4.69) is 10.4 Å². The summed E-state index contributed by atoms with van der Waals surface area (Å²) >= 11 is 5.93. The lowest BCUT2D eigenvalue weighted by Gasteiger charge is -2.24. The highest BCUT2D eigenvalue weighted by Gasteiger charge is 2.17. The third-order valence-corrected chi connectivity index (χ3v) is 4.00. The molecule has 1 aromatic carbocycles. The summed E-state index contributed by atoms with van der Waals surface area (Å²) in [7, 11) is 0. The first-order valence-corrected chi connectivity index (χ1v) is 7.93. The first kappa shape index (κ1) is 15.3. The maximum absolute atomic E-state index is 9.24. The minimum atomic E-state index is 0.0532. The van der Waals surface area contributed by atoms with Crippen molar-refractivity contribution in [2.24, 2.45) is 0 Å². The first-order valence-electron chi connectivity index (χ1n) is 7.55. The van der Waals surface area contributed by atoms with Gasteiger partial charge in [0.05, 0.1) is 31.5 Å². The van der Waals surface area contributed by atoms with Gasteiger partial charge in [0.25, 0.3) is 0 Å². The molecule has 0 aliphatic carbocycles. The van der Waals surface area contributed by atoms with Gasteiger partial charge in [-0.25, -0.2) is 4.68 Å². The number of ether oxygens (including phenoxy) is 1. The van der Waals surface area contributed by atoms with Crippen molar-refractivity contribution in [3.8, 4) is 11.3 Å². The zero-order valence-electron chi connectivity index (χ0n) is 12.3. The largest absolute Gasteiger partial charge is 0.394 e. The molecule has 1 atom stereocenters. The van der Waals surface area contributed by atoms with Gasteiger partial charge in [0.1, 0.15) is 5.82 Å². The number of rotatable bonds is 5. The second-order valence-corrected chi connectivity index (χ2v) is 5.86. The number of anilines is 1. The quantitative estimate of drug-likeness (QED) is 0.889. The predicted molar refractivity (Wildman–Crippen MR) is 87.2 cm³/mol. The fourth-order valence-corrected chi connectivity index (χ4v) is 2.75. The number of hydrogen-bond acceptors (Lipinski definition) is 4. The summed E-state index contributed by atoms with van der Waals surface area (Å²) in [6, 6.07) is 9.89. The van der Waals surface area contributed by atoms with Crippen LogP contribution in [0.2, 0.25) is 5.02 Å². The van der Waals surface area contributed by atoms with Crippen LogP contribution in [-0.2, 0) is 11.3 Å². The zero-order valence-corrected chi connectivity index (χ0v) is 13.1. The Kier molecular flexibility index (Phi) is 4.97. The van der Waals surface area contributed by atoms with Crippen molar-refractivity contribution in [3.05, 3.63) is 35.4 Å². The smallest absolute Gasteiger partial charge is 0.125 e. The van der Waals surface area contributed by atoms with Gasteiger partial charge in [0, 0.05) is 23.3 Å². The van der Waals surface area contributed by atoms with Crippen LogP contribution in [-0.4, -0.2) is 40.7 Å².